The van der Waals surface area contributed by atoms with Crippen LogP contribution >= 0.6 is 0 Å². The zero-order valence-electron chi connectivity index (χ0n) is 15.7. The standard InChI is InChI=1S/C20H14F7NO3/c1-2-9-30-13-8-7-12(21)15-16(13)28-18(19(22,23)24)14(17(15)29)10-3-5-11(6-4-10)31-20(25,26)27/h3-8H,2,9H2,1H3,(H,28,29). The van der Waals surface area contributed by atoms with Crippen LogP contribution in [0.15, 0.2) is 41.2 Å². The van der Waals surface area contributed by atoms with Crippen LogP contribution in [0.5, 0.6) is 11.5 Å². The summed E-state index contributed by atoms with van der Waals surface area (Å²) in [5, 5.41) is -0.660. The molecule has 11 heteroatoms. The van der Waals surface area contributed by atoms with E-state index in [1.807, 2.05) is 4.98 Å². The third kappa shape index (κ3) is 4.75. The third-order valence-electron chi connectivity index (χ3n) is 4.19. The number of rotatable bonds is 5. The van der Waals surface area contributed by atoms with Crippen molar-refractivity contribution in [3.05, 3.63) is 58.1 Å². The van der Waals surface area contributed by atoms with Gasteiger partial charge in [0.2, 0.25) is 5.43 Å². The fourth-order valence-corrected chi connectivity index (χ4v) is 2.97. The maximum Gasteiger partial charge on any atom is 0.573 e. The summed E-state index contributed by atoms with van der Waals surface area (Å²) in [6.45, 7) is 1.87. The van der Waals surface area contributed by atoms with E-state index in [0.29, 0.717) is 6.42 Å². The second-order valence-electron chi connectivity index (χ2n) is 6.42. The van der Waals surface area contributed by atoms with Crippen LogP contribution < -0.4 is 14.9 Å². The van der Waals surface area contributed by atoms with E-state index >= 15 is 0 Å². The number of fused-ring (bicyclic) bond motifs is 1. The van der Waals surface area contributed by atoms with Crippen molar-refractivity contribution in [2.45, 2.75) is 25.9 Å². The first-order valence-corrected chi connectivity index (χ1v) is 8.87. The van der Waals surface area contributed by atoms with Crippen molar-refractivity contribution in [1.82, 2.24) is 4.98 Å². The molecule has 1 aromatic heterocycles. The van der Waals surface area contributed by atoms with Crippen molar-refractivity contribution in [3.8, 4) is 22.6 Å². The molecule has 0 bridgehead atoms. The van der Waals surface area contributed by atoms with E-state index in [2.05, 4.69) is 4.74 Å². The van der Waals surface area contributed by atoms with Crippen molar-refractivity contribution in [3.63, 3.8) is 0 Å². The largest absolute Gasteiger partial charge is 0.573 e. The molecule has 0 amide bonds. The number of ether oxygens (including phenoxy) is 2. The Bertz CT molecular complexity index is 1150. The Labute approximate surface area is 170 Å². The maximum atomic E-state index is 14.4. The smallest absolute Gasteiger partial charge is 0.491 e. The Morgan fingerprint density at radius 2 is 1.61 bits per heavy atom. The molecule has 0 fully saturated rings. The average Bonchev–Trinajstić information content (AvgIpc) is 2.66. The number of aromatic nitrogens is 1. The summed E-state index contributed by atoms with van der Waals surface area (Å²) in [6.07, 6.45) is -9.55. The molecule has 166 valence electrons. The average molecular weight is 449 g/mol. The zero-order chi connectivity index (χ0) is 23.0. The summed E-state index contributed by atoms with van der Waals surface area (Å²) >= 11 is 0. The van der Waals surface area contributed by atoms with E-state index in [4.69, 9.17) is 4.74 Å². The molecule has 4 nitrogen and oxygen atoms in total. The number of halogens is 7. The van der Waals surface area contributed by atoms with Gasteiger partial charge in [0, 0.05) is 0 Å². The molecule has 0 saturated heterocycles. The van der Waals surface area contributed by atoms with Crippen LogP contribution in [0.25, 0.3) is 22.0 Å². The van der Waals surface area contributed by atoms with E-state index in [9.17, 15) is 35.5 Å². The first-order valence-electron chi connectivity index (χ1n) is 8.87. The first-order chi connectivity index (χ1) is 14.4. The van der Waals surface area contributed by atoms with Gasteiger partial charge < -0.3 is 14.5 Å². The van der Waals surface area contributed by atoms with Crippen LogP contribution in [-0.4, -0.2) is 18.0 Å². The summed E-state index contributed by atoms with van der Waals surface area (Å²) in [7, 11) is 0. The minimum Gasteiger partial charge on any atom is -0.491 e. The summed E-state index contributed by atoms with van der Waals surface area (Å²) in [5.41, 5.74) is -4.55. The molecular formula is C20H14F7NO3. The molecule has 2 aromatic carbocycles. The molecule has 3 rings (SSSR count). The molecule has 0 unspecified atom stereocenters. The molecule has 0 aliphatic heterocycles. The van der Waals surface area contributed by atoms with Crippen molar-refractivity contribution in [2.75, 3.05) is 6.61 Å². The van der Waals surface area contributed by atoms with Gasteiger partial charge in [-0.05, 0) is 36.2 Å². The van der Waals surface area contributed by atoms with Crippen LogP contribution in [0, 0.1) is 5.82 Å². The Balaban J connectivity index is 2.27. The number of nitrogens with one attached hydrogen (secondary N) is 1. The number of hydrogen-bond acceptors (Lipinski definition) is 3. The lowest BCUT2D eigenvalue weighted by Gasteiger charge is -2.17. The van der Waals surface area contributed by atoms with Crippen molar-refractivity contribution in [1.29, 1.82) is 0 Å². The molecule has 0 aliphatic carbocycles. The first kappa shape index (κ1) is 22.4. The molecule has 0 aliphatic rings. The van der Waals surface area contributed by atoms with Crippen molar-refractivity contribution in [2.24, 2.45) is 0 Å². The normalized spacial score (nSPS) is 12.3. The van der Waals surface area contributed by atoms with Crippen LogP contribution in [0.1, 0.15) is 19.0 Å². The molecule has 0 radical (unpaired) electrons. The summed E-state index contributed by atoms with van der Waals surface area (Å²) in [6, 6.07) is 5.20. The van der Waals surface area contributed by atoms with Gasteiger partial charge in [-0.2, -0.15) is 13.2 Å². The maximum absolute atomic E-state index is 14.4. The van der Waals surface area contributed by atoms with E-state index in [1.54, 1.807) is 6.92 Å². The molecule has 1 N–H and O–H groups in total. The van der Waals surface area contributed by atoms with Crippen LogP contribution in [-0.2, 0) is 6.18 Å². The predicted molar refractivity (Wildman–Crippen MR) is 97.4 cm³/mol. The minimum absolute atomic E-state index is 0.118. The van der Waals surface area contributed by atoms with E-state index in [1.165, 1.54) is 0 Å². The molecule has 0 saturated carbocycles. The number of benzene rings is 2. The topological polar surface area (TPSA) is 51.3 Å². The SMILES string of the molecule is CCCOc1ccc(F)c2c(=O)c(-c3ccc(OC(F)(F)F)cc3)c(C(F)(F)F)[nH]c12. The van der Waals surface area contributed by atoms with Crippen LogP contribution in [0.4, 0.5) is 30.7 Å². The van der Waals surface area contributed by atoms with Crippen molar-refractivity contribution < 1.29 is 40.2 Å². The Kier molecular flexibility index (Phi) is 5.88. The number of aromatic amines is 1. The Morgan fingerprint density at radius 3 is 2.16 bits per heavy atom. The Morgan fingerprint density at radius 1 is 0.968 bits per heavy atom. The van der Waals surface area contributed by atoms with Gasteiger partial charge in [0.05, 0.1) is 23.1 Å². The second kappa shape index (κ2) is 8.12. The van der Waals surface area contributed by atoms with Crippen LogP contribution in [0.3, 0.4) is 0 Å². The summed E-state index contributed by atoms with van der Waals surface area (Å²) < 4.78 is 102. The number of H-pyrrole nitrogens is 1. The van der Waals surface area contributed by atoms with Gasteiger partial charge in [-0.1, -0.05) is 19.1 Å². The highest BCUT2D eigenvalue weighted by molar-refractivity contribution is 5.89. The molecule has 3 aromatic rings. The number of hydrogen-bond donors (Lipinski definition) is 1. The molecule has 1 heterocycles. The number of alkyl halides is 6. The molecule has 0 atom stereocenters. The third-order valence-corrected chi connectivity index (χ3v) is 4.19. The minimum atomic E-state index is -5.06. The molecular weight excluding hydrogens is 435 g/mol. The van der Waals surface area contributed by atoms with E-state index < -0.39 is 51.7 Å². The van der Waals surface area contributed by atoms with Crippen LogP contribution in [0.2, 0.25) is 0 Å². The van der Waals surface area contributed by atoms with Gasteiger partial charge >= 0.3 is 12.5 Å². The van der Waals surface area contributed by atoms with E-state index in [-0.39, 0.29) is 17.9 Å². The fraction of sp³-hybridized carbons (Fsp3) is 0.250. The fourth-order valence-electron chi connectivity index (χ4n) is 2.97. The number of pyridine rings is 1. The van der Waals surface area contributed by atoms with Crippen molar-refractivity contribution >= 4 is 10.9 Å². The van der Waals surface area contributed by atoms with Gasteiger partial charge in [0.25, 0.3) is 0 Å². The monoisotopic (exact) mass is 449 g/mol. The highest BCUT2D eigenvalue weighted by atomic mass is 19.4. The second-order valence-corrected chi connectivity index (χ2v) is 6.42. The quantitative estimate of drug-likeness (QED) is 0.484. The Hall–Kier alpha value is -3.24. The lowest BCUT2D eigenvalue weighted by molar-refractivity contribution is -0.274. The molecule has 0 spiro atoms. The van der Waals surface area contributed by atoms with Gasteiger partial charge in [-0.15, -0.1) is 13.2 Å². The van der Waals surface area contributed by atoms with Gasteiger partial charge in [-0.25, -0.2) is 4.39 Å². The zero-order valence-corrected chi connectivity index (χ0v) is 15.7. The van der Waals surface area contributed by atoms with Gasteiger partial charge in [0.1, 0.15) is 23.0 Å². The lowest BCUT2D eigenvalue weighted by Crippen LogP contribution is -2.20. The van der Waals surface area contributed by atoms with Gasteiger partial charge in [0.15, 0.2) is 0 Å². The summed E-state index contributed by atoms with van der Waals surface area (Å²) in [4.78, 5) is 15.0. The van der Waals surface area contributed by atoms with E-state index in [0.717, 1.165) is 36.4 Å². The van der Waals surface area contributed by atoms with Gasteiger partial charge in [-0.3, -0.25) is 4.79 Å². The molecule has 31 heavy (non-hydrogen) atoms. The highest BCUT2D eigenvalue weighted by Crippen LogP contribution is 2.38. The predicted octanol–water partition coefficient (Wildman–Crippen LogP) is 6.04. The highest BCUT2D eigenvalue weighted by Gasteiger charge is 2.38. The summed E-state index contributed by atoms with van der Waals surface area (Å²) in [5.74, 6) is -1.91. The lowest BCUT2D eigenvalue weighted by atomic mass is 9.99.